The first-order chi connectivity index (χ1) is 7.20. The zero-order chi connectivity index (χ0) is 11.5. The molecule has 3 heteroatoms. The van der Waals surface area contributed by atoms with Crippen LogP contribution in [-0.2, 0) is 9.53 Å². The number of unbranched alkanes of at least 4 members (excludes halogenated alkanes) is 3. The van der Waals surface area contributed by atoms with Crippen molar-refractivity contribution in [1.29, 1.82) is 0 Å². The van der Waals surface area contributed by atoms with Gasteiger partial charge in [0.2, 0.25) is 0 Å². The summed E-state index contributed by atoms with van der Waals surface area (Å²) in [6, 6.07) is 0. The van der Waals surface area contributed by atoms with E-state index in [1.54, 1.807) is 0 Å². The first-order valence-corrected chi connectivity index (χ1v) is 6.35. The summed E-state index contributed by atoms with van der Waals surface area (Å²) in [5.74, 6) is -0.108. The fraction of sp³-hybridized carbons (Fsp3) is 0.917. The standard InChI is InChI=1S/C12H23ClO2/c1-3-4-8-11(13)9-6-5-7-10-12(14)15-2/h11H,3-10H2,1-2H3. The largest absolute Gasteiger partial charge is 0.469 e. The van der Waals surface area contributed by atoms with Crippen LogP contribution in [0.5, 0.6) is 0 Å². The number of hydrogen-bond donors (Lipinski definition) is 0. The summed E-state index contributed by atoms with van der Waals surface area (Å²) in [5.41, 5.74) is 0. The maximum Gasteiger partial charge on any atom is 0.305 e. The Morgan fingerprint density at radius 2 is 1.87 bits per heavy atom. The summed E-state index contributed by atoms with van der Waals surface area (Å²) < 4.78 is 4.57. The van der Waals surface area contributed by atoms with Gasteiger partial charge in [-0.05, 0) is 19.3 Å². The summed E-state index contributed by atoms with van der Waals surface area (Å²) in [7, 11) is 1.43. The number of alkyl halides is 1. The maximum absolute atomic E-state index is 10.8. The number of rotatable bonds is 9. The van der Waals surface area contributed by atoms with Gasteiger partial charge in [0.25, 0.3) is 0 Å². The fourth-order valence-corrected chi connectivity index (χ4v) is 1.79. The van der Waals surface area contributed by atoms with E-state index in [1.807, 2.05) is 0 Å². The molecule has 0 aromatic carbocycles. The Kier molecular flexibility index (Phi) is 10.1. The molecule has 2 nitrogen and oxygen atoms in total. The van der Waals surface area contributed by atoms with Crippen LogP contribution in [-0.4, -0.2) is 18.5 Å². The lowest BCUT2D eigenvalue weighted by Gasteiger charge is -2.07. The Labute approximate surface area is 98.3 Å². The molecule has 0 bridgehead atoms. The number of ether oxygens (including phenoxy) is 1. The summed E-state index contributed by atoms with van der Waals surface area (Å²) in [6.45, 7) is 2.18. The van der Waals surface area contributed by atoms with Gasteiger partial charge in [0.05, 0.1) is 7.11 Å². The molecule has 0 aromatic heterocycles. The molecular formula is C12H23ClO2. The molecule has 0 saturated heterocycles. The summed E-state index contributed by atoms with van der Waals surface area (Å²) in [5, 5.41) is 0.322. The van der Waals surface area contributed by atoms with Crippen LogP contribution in [0.1, 0.15) is 58.3 Å². The lowest BCUT2D eigenvalue weighted by atomic mass is 10.1. The van der Waals surface area contributed by atoms with Crippen LogP contribution in [0.4, 0.5) is 0 Å². The maximum atomic E-state index is 10.8. The minimum absolute atomic E-state index is 0.108. The summed E-state index contributed by atoms with van der Waals surface area (Å²) in [6.07, 6.45) is 8.28. The van der Waals surface area contributed by atoms with E-state index < -0.39 is 0 Å². The molecule has 0 heterocycles. The van der Waals surface area contributed by atoms with Crippen molar-refractivity contribution < 1.29 is 9.53 Å². The third kappa shape index (κ3) is 10.1. The van der Waals surface area contributed by atoms with Gasteiger partial charge in [-0.1, -0.05) is 32.6 Å². The van der Waals surface area contributed by atoms with Gasteiger partial charge in [-0.15, -0.1) is 11.6 Å². The average Bonchev–Trinajstić information content (AvgIpc) is 2.25. The minimum atomic E-state index is -0.108. The molecule has 0 radical (unpaired) electrons. The van der Waals surface area contributed by atoms with Crippen LogP contribution in [0.3, 0.4) is 0 Å². The second-order valence-electron chi connectivity index (χ2n) is 3.91. The van der Waals surface area contributed by atoms with Gasteiger partial charge >= 0.3 is 5.97 Å². The van der Waals surface area contributed by atoms with Gasteiger partial charge in [-0.2, -0.15) is 0 Å². The molecule has 1 unspecified atom stereocenters. The molecule has 0 N–H and O–H groups in total. The van der Waals surface area contributed by atoms with Gasteiger partial charge in [0.15, 0.2) is 0 Å². The molecule has 1 atom stereocenters. The van der Waals surface area contributed by atoms with E-state index in [4.69, 9.17) is 11.6 Å². The first kappa shape index (κ1) is 14.8. The Morgan fingerprint density at radius 3 is 2.47 bits per heavy atom. The number of hydrogen-bond acceptors (Lipinski definition) is 2. The van der Waals surface area contributed by atoms with Crippen LogP contribution in [0.2, 0.25) is 0 Å². The summed E-state index contributed by atoms with van der Waals surface area (Å²) >= 11 is 6.14. The van der Waals surface area contributed by atoms with Crippen LogP contribution in [0.25, 0.3) is 0 Å². The first-order valence-electron chi connectivity index (χ1n) is 5.91. The molecule has 0 fully saturated rings. The summed E-state index contributed by atoms with van der Waals surface area (Å²) in [4.78, 5) is 10.8. The Balaban J connectivity index is 3.19. The third-order valence-corrected chi connectivity index (χ3v) is 2.93. The van der Waals surface area contributed by atoms with Crippen LogP contribution in [0.15, 0.2) is 0 Å². The van der Waals surface area contributed by atoms with E-state index in [2.05, 4.69) is 11.7 Å². The number of carbonyl (C=O) groups excluding carboxylic acids is 1. The van der Waals surface area contributed by atoms with Crippen molar-refractivity contribution in [1.82, 2.24) is 0 Å². The molecular weight excluding hydrogens is 212 g/mol. The molecule has 0 rings (SSSR count). The van der Waals surface area contributed by atoms with Gasteiger partial charge in [-0.3, -0.25) is 4.79 Å². The van der Waals surface area contributed by atoms with Crippen molar-refractivity contribution in [3.05, 3.63) is 0 Å². The van der Waals surface area contributed by atoms with Crippen molar-refractivity contribution in [3.63, 3.8) is 0 Å². The van der Waals surface area contributed by atoms with E-state index >= 15 is 0 Å². The smallest absolute Gasteiger partial charge is 0.305 e. The van der Waals surface area contributed by atoms with Crippen molar-refractivity contribution in [2.75, 3.05) is 7.11 Å². The minimum Gasteiger partial charge on any atom is -0.469 e. The Hall–Kier alpha value is -0.240. The number of carbonyl (C=O) groups is 1. The van der Waals surface area contributed by atoms with Crippen LogP contribution >= 0.6 is 11.6 Å². The lowest BCUT2D eigenvalue weighted by Crippen LogP contribution is -2.01. The number of esters is 1. The van der Waals surface area contributed by atoms with Gasteiger partial charge < -0.3 is 4.74 Å². The Bertz CT molecular complexity index is 160. The topological polar surface area (TPSA) is 26.3 Å². The highest BCUT2D eigenvalue weighted by Gasteiger charge is 2.04. The predicted octanol–water partition coefficient (Wildman–Crippen LogP) is 3.91. The molecule has 0 aliphatic carbocycles. The molecule has 0 aliphatic heterocycles. The molecule has 0 saturated carbocycles. The second kappa shape index (κ2) is 10.3. The van der Waals surface area contributed by atoms with Crippen molar-refractivity contribution in [3.8, 4) is 0 Å². The number of methoxy groups -OCH3 is 1. The van der Waals surface area contributed by atoms with Crippen molar-refractivity contribution in [2.24, 2.45) is 0 Å². The molecule has 90 valence electrons. The second-order valence-corrected chi connectivity index (χ2v) is 4.53. The van der Waals surface area contributed by atoms with Crippen molar-refractivity contribution in [2.45, 2.75) is 63.7 Å². The molecule has 0 aromatic rings. The van der Waals surface area contributed by atoms with Crippen LogP contribution < -0.4 is 0 Å². The highest BCUT2D eigenvalue weighted by atomic mass is 35.5. The van der Waals surface area contributed by atoms with E-state index in [-0.39, 0.29) is 5.97 Å². The molecule has 0 amide bonds. The highest BCUT2D eigenvalue weighted by Crippen LogP contribution is 2.15. The fourth-order valence-electron chi connectivity index (χ4n) is 1.48. The SMILES string of the molecule is CCCCC(Cl)CCCCCC(=O)OC. The van der Waals surface area contributed by atoms with E-state index in [0.717, 1.165) is 32.1 Å². The Morgan fingerprint density at radius 1 is 1.20 bits per heavy atom. The van der Waals surface area contributed by atoms with E-state index in [1.165, 1.54) is 20.0 Å². The molecule has 0 spiro atoms. The lowest BCUT2D eigenvalue weighted by molar-refractivity contribution is -0.140. The predicted molar refractivity (Wildman–Crippen MR) is 64.3 cm³/mol. The third-order valence-electron chi connectivity index (χ3n) is 2.50. The number of halogens is 1. The van der Waals surface area contributed by atoms with Gasteiger partial charge in [0, 0.05) is 11.8 Å². The normalized spacial score (nSPS) is 12.5. The average molecular weight is 235 g/mol. The van der Waals surface area contributed by atoms with Crippen LogP contribution in [0, 0.1) is 0 Å². The van der Waals surface area contributed by atoms with Gasteiger partial charge in [0.1, 0.15) is 0 Å². The highest BCUT2D eigenvalue weighted by molar-refractivity contribution is 6.20. The van der Waals surface area contributed by atoms with E-state index in [9.17, 15) is 4.79 Å². The van der Waals surface area contributed by atoms with E-state index in [0.29, 0.717) is 11.8 Å². The zero-order valence-corrected chi connectivity index (χ0v) is 10.7. The molecule has 0 aliphatic rings. The van der Waals surface area contributed by atoms with Gasteiger partial charge in [-0.25, -0.2) is 0 Å². The van der Waals surface area contributed by atoms with Crippen molar-refractivity contribution >= 4 is 17.6 Å². The monoisotopic (exact) mass is 234 g/mol. The quantitative estimate of drug-likeness (QED) is 0.344. The zero-order valence-electron chi connectivity index (χ0n) is 9.93. The molecule has 15 heavy (non-hydrogen) atoms.